The minimum atomic E-state index is 0.867. The van der Waals surface area contributed by atoms with Gasteiger partial charge in [0.2, 0.25) is 0 Å². The van der Waals surface area contributed by atoms with Crippen molar-refractivity contribution in [1.82, 2.24) is 0 Å². The van der Waals surface area contributed by atoms with Crippen LogP contribution in [0, 0.1) is 0 Å². The van der Waals surface area contributed by atoms with Gasteiger partial charge in [0.15, 0.2) is 0 Å². The lowest BCUT2D eigenvalue weighted by Gasteiger charge is -2.00. The van der Waals surface area contributed by atoms with Gasteiger partial charge in [-0.1, -0.05) is 66.5 Å². The Hall–Kier alpha value is -0.166. The van der Waals surface area contributed by atoms with E-state index in [2.05, 4.69) is 80.4 Å². The SMILES string of the molecule is Brc1ccc([Si][Si]c2ccc(Br)cc2)cc1. The van der Waals surface area contributed by atoms with Gasteiger partial charge in [0.25, 0.3) is 0 Å². The third kappa shape index (κ3) is 3.69. The molecule has 0 nitrogen and oxygen atoms in total. The van der Waals surface area contributed by atoms with Crippen molar-refractivity contribution in [3.05, 3.63) is 57.5 Å². The molecule has 0 aromatic heterocycles. The third-order valence-electron chi connectivity index (χ3n) is 2.04. The maximum absolute atomic E-state index is 3.45. The Bertz CT molecular complexity index is 406. The highest BCUT2D eigenvalue weighted by Gasteiger charge is 1.98. The topological polar surface area (TPSA) is 0 Å². The highest BCUT2D eigenvalue weighted by Crippen LogP contribution is 2.05. The lowest BCUT2D eigenvalue weighted by Crippen LogP contribution is -2.29. The summed E-state index contributed by atoms with van der Waals surface area (Å²) in [4.78, 5) is 0. The number of benzene rings is 2. The van der Waals surface area contributed by atoms with E-state index >= 15 is 0 Å². The fourth-order valence-corrected chi connectivity index (χ4v) is 4.56. The summed E-state index contributed by atoms with van der Waals surface area (Å²) in [5, 5.41) is 2.84. The van der Waals surface area contributed by atoms with Crippen LogP contribution in [0.25, 0.3) is 0 Å². The molecule has 0 aliphatic carbocycles. The van der Waals surface area contributed by atoms with Crippen molar-refractivity contribution < 1.29 is 0 Å². The van der Waals surface area contributed by atoms with Gasteiger partial charge >= 0.3 is 0 Å². The van der Waals surface area contributed by atoms with E-state index in [1.165, 1.54) is 10.4 Å². The molecule has 2 aromatic rings. The molecule has 0 saturated carbocycles. The number of hydrogen-bond acceptors (Lipinski definition) is 0. The Morgan fingerprint density at radius 3 is 1.19 bits per heavy atom. The minimum Gasteiger partial charge on any atom is -0.0673 e. The predicted molar refractivity (Wildman–Crippen MR) is 79.1 cm³/mol. The number of hydrogen-bond donors (Lipinski definition) is 0. The molecule has 0 bridgehead atoms. The van der Waals surface area contributed by atoms with Gasteiger partial charge in [0.1, 0.15) is 0 Å². The number of rotatable bonds is 3. The number of halogens is 2. The molecule has 4 heteroatoms. The van der Waals surface area contributed by atoms with E-state index in [-0.39, 0.29) is 0 Å². The van der Waals surface area contributed by atoms with E-state index < -0.39 is 0 Å². The first-order valence-corrected chi connectivity index (χ1v) is 9.36. The van der Waals surface area contributed by atoms with Gasteiger partial charge in [-0.25, -0.2) is 0 Å². The van der Waals surface area contributed by atoms with Crippen molar-refractivity contribution in [2.45, 2.75) is 0 Å². The van der Waals surface area contributed by atoms with Crippen LogP contribution >= 0.6 is 31.9 Å². The Labute approximate surface area is 117 Å². The Balaban J connectivity index is 1.97. The maximum atomic E-state index is 3.45. The zero-order chi connectivity index (χ0) is 11.4. The fraction of sp³-hybridized carbons (Fsp3) is 0. The van der Waals surface area contributed by atoms with Crippen molar-refractivity contribution >= 4 is 60.3 Å². The average molecular weight is 368 g/mol. The zero-order valence-corrected chi connectivity index (χ0v) is 13.5. The molecule has 0 aliphatic heterocycles. The second-order valence-electron chi connectivity index (χ2n) is 3.26. The Morgan fingerprint density at radius 1 is 0.562 bits per heavy atom. The second kappa shape index (κ2) is 5.95. The Morgan fingerprint density at radius 2 is 0.875 bits per heavy atom. The molecule has 0 fully saturated rings. The Kier molecular flexibility index (Phi) is 4.58. The van der Waals surface area contributed by atoms with E-state index in [1.807, 2.05) is 0 Å². The third-order valence-corrected chi connectivity index (χ3v) is 6.57. The molecule has 0 heterocycles. The maximum Gasteiger partial charge on any atom is 0.0711 e. The van der Waals surface area contributed by atoms with Gasteiger partial charge in [-0.05, 0) is 24.3 Å². The molecule has 0 amide bonds. The predicted octanol–water partition coefficient (Wildman–Crippen LogP) is 2.49. The lowest BCUT2D eigenvalue weighted by atomic mass is 10.4. The molecule has 78 valence electrons. The average Bonchev–Trinajstić information content (AvgIpc) is 2.30. The van der Waals surface area contributed by atoms with Gasteiger partial charge < -0.3 is 0 Å². The van der Waals surface area contributed by atoms with Gasteiger partial charge in [0.05, 0.1) is 18.1 Å². The summed E-state index contributed by atoms with van der Waals surface area (Å²) in [5.74, 6) is 0. The quantitative estimate of drug-likeness (QED) is 0.731. The van der Waals surface area contributed by atoms with E-state index in [9.17, 15) is 0 Å². The molecule has 0 saturated heterocycles. The van der Waals surface area contributed by atoms with E-state index in [0.29, 0.717) is 0 Å². The second-order valence-corrected chi connectivity index (χ2v) is 8.25. The van der Waals surface area contributed by atoms with Crippen molar-refractivity contribution in [1.29, 1.82) is 0 Å². The highest BCUT2D eigenvalue weighted by molar-refractivity contribution is 9.10. The van der Waals surface area contributed by atoms with Crippen LogP contribution in [0.15, 0.2) is 57.5 Å². The van der Waals surface area contributed by atoms with Crippen molar-refractivity contribution in [3.63, 3.8) is 0 Å². The van der Waals surface area contributed by atoms with Crippen molar-refractivity contribution in [2.75, 3.05) is 0 Å². The highest BCUT2D eigenvalue weighted by atomic mass is 79.9. The first-order chi connectivity index (χ1) is 7.74. The largest absolute Gasteiger partial charge is 0.0711 e. The molecular weight excluding hydrogens is 360 g/mol. The van der Waals surface area contributed by atoms with Crippen molar-refractivity contribution in [2.24, 2.45) is 0 Å². The van der Waals surface area contributed by atoms with Gasteiger partial charge in [-0.3, -0.25) is 0 Å². The molecular formula is C12H8Br2Si2. The summed E-state index contributed by atoms with van der Waals surface area (Å²) in [6.07, 6.45) is 0. The van der Waals surface area contributed by atoms with Crippen LogP contribution in [-0.2, 0) is 0 Å². The molecule has 0 N–H and O–H groups in total. The summed E-state index contributed by atoms with van der Waals surface area (Å²) >= 11 is 6.90. The molecule has 16 heavy (non-hydrogen) atoms. The summed E-state index contributed by atoms with van der Waals surface area (Å²) in [6, 6.07) is 17.2. The summed E-state index contributed by atoms with van der Waals surface area (Å²) < 4.78 is 2.29. The van der Waals surface area contributed by atoms with E-state index in [1.54, 1.807) is 0 Å². The summed E-state index contributed by atoms with van der Waals surface area (Å²) in [5.41, 5.74) is 0. The van der Waals surface area contributed by atoms with E-state index in [4.69, 9.17) is 0 Å². The van der Waals surface area contributed by atoms with Gasteiger partial charge in [-0.2, -0.15) is 0 Å². The van der Waals surface area contributed by atoms with Crippen LogP contribution in [-0.4, -0.2) is 18.1 Å². The van der Waals surface area contributed by atoms with Crippen LogP contribution in [0.3, 0.4) is 0 Å². The van der Waals surface area contributed by atoms with E-state index in [0.717, 1.165) is 27.0 Å². The van der Waals surface area contributed by atoms with Crippen LogP contribution < -0.4 is 10.4 Å². The molecule has 0 atom stereocenters. The fourth-order valence-electron chi connectivity index (χ4n) is 1.21. The molecule has 0 unspecified atom stereocenters. The first-order valence-electron chi connectivity index (χ1n) is 4.77. The van der Waals surface area contributed by atoms with Crippen LogP contribution in [0.1, 0.15) is 0 Å². The molecule has 0 aliphatic rings. The van der Waals surface area contributed by atoms with Gasteiger partial charge in [-0.15, -0.1) is 0 Å². The minimum absolute atomic E-state index is 0.867. The molecule has 2 aromatic carbocycles. The molecule has 2 rings (SSSR count). The smallest absolute Gasteiger partial charge is 0.0673 e. The van der Waals surface area contributed by atoms with Crippen LogP contribution in [0.5, 0.6) is 0 Å². The first kappa shape index (κ1) is 12.3. The normalized spacial score (nSPS) is 10.4. The van der Waals surface area contributed by atoms with Crippen LogP contribution in [0.2, 0.25) is 0 Å². The van der Waals surface area contributed by atoms with Gasteiger partial charge in [0, 0.05) is 8.95 Å². The summed E-state index contributed by atoms with van der Waals surface area (Å²) in [6.45, 7) is 0. The lowest BCUT2D eigenvalue weighted by molar-refractivity contribution is 1.69. The van der Waals surface area contributed by atoms with Crippen LogP contribution in [0.4, 0.5) is 0 Å². The molecule has 4 radical (unpaired) electrons. The van der Waals surface area contributed by atoms with Crippen molar-refractivity contribution in [3.8, 4) is 0 Å². The molecule has 0 spiro atoms. The zero-order valence-electron chi connectivity index (χ0n) is 8.37. The summed E-state index contributed by atoms with van der Waals surface area (Å²) in [7, 11) is 1.73. The standard InChI is InChI=1S/C12H8Br2Si2/c13-9-1-5-11(6-2-9)15-16-12-7-3-10(14)4-8-12/h1-8H. The monoisotopic (exact) mass is 366 g/mol.